The molecule has 1 amide bonds. The van der Waals surface area contributed by atoms with Gasteiger partial charge in [-0.05, 0) is 99.6 Å². The molecule has 1 saturated heterocycles. The highest BCUT2D eigenvalue weighted by Gasteiger charge is 2.25. The number of nitrogens with two attached hydrogens (primary N) is 1. The molecule has 34 heavy (non-hydrogen) atoms. The van der Waals surface area contributed by atoms with E-state index in [-0.39, 0.29) is 11.7 Å². The summed E-state index contributed by atoms with van der Waals surface area (Å²) in [5.41, 5.74) is 8.74. The van der Waals surface area contributed by atoms with Gasteiger partial charge in [0.05, 0.1) is 0 Å². The summed E-state index contributed by atoms with van der Waals surface area (Å²) in [7, 11) is 0. The van der Waals surface area contributed by atoms with Gasteiger partial charge in [0, 0.05) is 22.6 Å². The highest BCUT2D eigenvalue weighted by molar-refractivity contribution is 9.12. The molecule has 2 aliphatic rings. The van der Waals surface area contributed by atoms with Crippen LogP contribution in [0.2, 0.25) is 5.02 Å². The summed E-state index contributed by atoms with van der Waals surface area (Å²) in [6.45, 7) is 13.6. The van der Waals surface area contributed by atoms with Crippen LogP contribution in [0.4, 0.5) is 4.79 Å². The Labute approximate surface area is 220 Å². The van der Waals surface area contributed by atoms with E-state index >= 15 is 0 Å². The van der Waals surface area contributed by atoms with Crippen molar-refractivity contribution in [1.29, 1.82) is 0 Å². The van der Waals surface area contributed by atoms with Crippen LogP contribution in [-0.4, -0.2) is 29.7 Å². The maximum Gasteiger partial charge on any atom is 0.410 e. The molecule has 0 aromatic heterocycles. The number of rotatable bonds is 2. The largest absolute Gasteiger partial charge is 0.444 e. The molecule has 1 aromatic rings. The van der Waals surface area contributed by atoms with E-state index in [9.17, 15) is 4.79 Å². The van der Waals surface area contributed by atoms with Gasteiger partial charge in [0.15, 0.2) is 0 Å². The minimum Gasteiger partial charge on any atom is -0.444 e. The van der Waals surface area contributed by atoms with Gasteiger partial charge in [0.25, 0.3) is 0 Å². The van der Waals surface area contributed by atoms with Crippen LogP contribution in [0.3, 0.4) is 0 Å². The minimum atomic E-state index is -0.376. The van der Waals surface area contributed by atoms with Crippen molar-refractivity contribution in [2.75, 3.05) is 13.1 Å². The Balaban J connectivity index is 0.000000320. The normalized spacial score (nSPS) is 17.6. The number of likely N-dealkylation sites (tertiary alicyclic amines) is 1. The van der Waals surface area contributed by atoms with Crippen LogP contribution in [0.1, 0.15) is 78.4 Å². The van der Waals surface area contributed by atoms with Gasteiger partial charge >= 0.3 is 6.09 Å². The molecule has 1 heterocycles. The number of allylic oxidation sites excluding steroid dienone is 4. The quantitative estimate of drug-likeness (QED) is 0.399. The fraction of sp³-hybridized carbons (Fsp3) is 0.536. The summed E-state index contributed by atoms with van der Waals surface area (Å²) in [5, 5.41) is 0.773. The van der Waals surface area contributed by atoms with E-state index < -0.39 is 0 Å². The van der Waals surface area contributed by atoms with E-state index in [0.717, 1.165) is 54.2 Å². The number of hydrogen-bond donors (Lipinski definition) is 1. The van der Waals surface area contributed by atoms with Crippen molar-refractivity contribution in [1.82, 2.24) is 4.90 Å². The molecule has 1 aromatic carbocycles. The van der Waals surface area contributed by atoms with Crippen molar-refractivity contribution in [2.24, 2.45) is 11.7 Å². The third kappa shape index (κ3) is 10.7. The lowest BCUT2D eigenvalue weighted by Crippen LogP contribution is -2.41. The minimum absolute atomic E-state index is 0.156. The number of carbonyl (C=O) groups excluding carboxylic acids is 1. The number of carbonyl (C=O) groups is 1. The number of halogens is 2. The van der Waals surface area contributed by atoms with E-state index in [1.54, 1.807) is 6.20 Å². The fourth-order valence-corrected chi connectivity index (χ4v) is 4.49. The first kappa shape index (κ1) is 30.3. The van der Waals surface area contributed by atoms with Crippen molar-refractivity contribution in [3.63, 3.8) is 0 Å². The van der Waals surface area contributed by atoms with Crippen LogP contribution >= 0.6 is 27.5 Å². The molecule has 0 saturated carbocycles. The SMILES string of the molecule is CC.CCC1CCN(C(=O)OC(C)(C)C)CC1.N/C=C\C=C1/CCc2ccc(Cl)cc2C=C1Br. The first-order chi connectivity index (χ1) is 16.1. The van der Waals surface area contributed by atoms with Crippen molar-refractivity contribution in [3.05, 3.63) is 62.8 Å². The van der Waals surface area contributed by atoms with E-state index in [1.165, 1.54) is 23.1 Å². The number of nitrogens with zero attached hydrogens (tertiary/aromatic N) is 1. The molecule has 0 spiro atoms. The van der Waals surface area contributed by atoms with Gasteiger partial charge in [-0.3, -0.25) is 0 Å². The summed E-state index contributed by atoms with van der Waals surface area (Å²) >= 11 is 9.62. The van der Waals surface area contributed by atoms with Crippen molar-refractivity contribution < 1.29 is 9.53 Å². The molecule has 2 N–H and O–H groups in total. The van der Waals surface area contributed by atoms with Crippen LogP contribution in [0.15, 0.2) is 46.6 Å². The molecule has 1 aliphatic carbocycles. The molecule has 190 valence electrons. The highest BCUT2D eigenvalue weighted by Crippen LogP contribution is 2.31. The third-order valence-electron chi connectivity index (χ3n) is 5.61. The summed E-state index contributed by atoms with van der Waals surface area (Å²) in [5.74, 6) is 0.795. The number of aryl methyl sites for hydroxylation is 1. The highest BCUT2D eigenvalue weighted by atomic mass is 79.9. The Bertz CT molecular complexity index is 864. The number of benzene rings is 1. The maximum atomic E-state index is 11.7. The van der Waals surface area contributed by atoms with Crippen molar-refractivity contribution in [3.8, 4) is 0 Å². The van der Waals surface area contributed by atoms with Gasteiger partial charge in [-0.1, -0.05) is 66.9 Å². The fourth-order valence-electron chi connectivity index (χ4n) is 3.73. The molecule has 0 radical (unpaired) electrons. The van der Waals surface area contributed by atoms with Gasteiger partial charge in [-0.15, -0.1) is 0 Å². The molecule has 1 fully saturated rings. The predicted molar refractivity (Wildman–Crippen MR) is 150 cm³/mol. The smallest absolute Gasteiger partial charge is 0.410 e. The molecule has 0 atom stereocenters. The van der Waals surface area contributed by atoms with Gasteiger partial charge in [0.2, 0.25) is 0 Å². The Kier molecular flexibility index (Phi) is 13.6. The Morgan fingerprint density at radius 3 is 2.44 bits per heavy atom. The number of fused-ring (bicyclic) bond motifs is 1. The van der Waals surface area contributed by atoms with Crippen LogP contribution in [0.25, 0.3) is 6.08 Å². The second-order valence-electron chi connectivity index (χ2n) is 9.23. The average Bonchev–Trinajstić information content (AvgIpc) is 2.96. The molecule has 4 nitrogen and oxygen atoms in total. The monoisotopic (exact) mass is 552 g/mol. The van der Waals surface area contributed by atoms with E-state index in [2.05, 4.69) is 35.0 Å². The van der Waals surface area contributed by atoms with Gasteiger partial charge in [-0.2, -0.15) is 0 Å². The molecular weight excluding hydrogens is 512 g/mol. The molecule has 0 bridgehead atoms. The Morgan fingerprint density at radius 2 is 1.88 bits per heavy atom. The standard InChI is InChI=1S/C14H13BrClN.C12H23NO2.C2H6/c15-14-9-12-8-13(16)6-5-10(12)3-4-11(14)2-1-7-17;1-5-10-6-8-13(9-7-10)11(14)15-12(2,3)4;1-2/h1-2,5-9H,3-4,17H2;10H,5-9H2,1-4H3;1-2H3/b7-1-,11-2+;;. The van der Waals surface area contributed by atoms with E-state index in [0.29, 0.717) is 0 Å². The van der Waals surface area contributed by atoms with Crippen LogP contribution < -0.4 is 5.73 Å². The molecule has 3 rings (SSSR count). The third-order valence-corrected chi connectivity index (χ3v) is 6.59. The number of piperidine rings is 1. The summed E-state index contributed by atoms with van der Waals surface area (Å²) in [4.78, 5) is 13.5. The van der Waals surface area contributed by atoms with E-state index in [4.69, 9.17) is 22.1 Å². The zero-order valence-corrected chi connectivity index (χ0v) is 24.0. The van der Waals surface area contributed by atoms with Gasteiger partial charge in [-0.25, -0.2) is 4.79 Å². The second kappa shape index (κ2) is 15.3. The van der Waals surface area contributed by atoms with Gasteiger partial charge in [0.1, 0.15) is 5.60 Å². The van der Waals surface area contributed by atoms with Crippen molar-refractivity contribution >= 4 is 39.7 Å². The first-order valence-electron chi connectivity index (χ1n) is 12.3. The van der Waals surface area contributed by atoms with Gasteiger partial charge < -0.3 is 15.4 Å². The summed E-state index contributed by atoms with van der Waals surface area (Å²) in [6.07, 6.45) is 12.9. The van der Waals surface area contributed by atoms with E-state index in [1.807, 2.05) is 63.8 Å². The molecule has 0 unspecified atom stereocenters. The zero-order valence-electron chi connectivity index (χ0n) is 21.7. The summed E-state index contributed by atoms with van der Waals surface area (Å²) in [6, 6.07) is 6.03. The Hall–Kier alpha value is -1.72. The maximum absolute atomic E-state index is 11.7. The number of hydrogen-bond acceptors (Lipinski definition) is 3. The molecule has 1 aliphatic heterocycles. The van der Waals surface area contributed by atoms with Crippen molar-refractivity contribution in [2.45, 2.75) is 79.2 Å². The topological polar surface area (TPSA) is 55.6 Å². The molecule has 6 heteroatoms. The van der Waals surface area contributed by atoms with Crippen LogP contribution in [-0.2, 0) is 11.2 Å². The summed E-state index contributed by atoms with van der Waals surface area (Å²) < 4.78 is 6.43. The number of amides is 1. The van der Waals surface area contributed by atoms with Crippen LogP contribution in [0.5, 0.6) is 0 Å². The van der Waals surface area contributed by atoms with Crippen LogP contribution in [0, 0.1) is 5.92 Å². The lowest BCUT2D eigenvalue weighted by molar-refractivity contribution is 0.0183. The average molecular weight is 554 g/mol. The molecular formula is C28H42BrClN2O2. The second-order valence-corrected chi connectivity index (χ2v) is 10.5. The Morgan fingerprint density at radius 1 is 1.24 bits per heavy atom. The first-order valence-corrected chi connectivity index (χ1v) is 13.5. The number of ether oxygens (including phenoxy) is 1. The lowest BCUT2D eigenvalue weighted by Gasteiger charge is -2.33. The zero-order chi connectivity index (χ0) is 25.7. The predicted octanol–water partition coefficient (Wildman–Crippen LogP) is 8.49. The lowest BCUT2D eigenvalue weighted by atomic mass is 9.95.